The minimum atomic E-state index is 0.00112. The summed E-state index contributed by atoms with van der Waals surface area (Å²) in [5.41, 5.74) is 0.940. The summed E-state index contributed by atoms with van der Waals surface area (Å²) in [6.45, 7) is 8.37. The van der Waals surface area contributed by atoms with Crippen LogP contribution in [0.3, 0.4) is 0 Å². The van der Waals surface area contributed by atoms with Gasteiger partial charge in [0.1, 0.15) is 0 Å². The molecule has 0 unspecified atom stereocenters. The molecule has 2 nitrogen and oxygen atoms in total. The number of alkyl halides is 1. The normalized spacial score (nSPS) is 36.5. The predicted molar refractivity (Wildman–Crippen MR) is 53.8 cm³/mol. The van der Waals surface area contributed by atoms with Gasteiger partial charge in [-0.05, 0) is 0 Å². The van der Waals surface area contributed by atoms with E-state index in [4.69, 9.17) is 3.07 Å². The van der Waals surface area contributed by atoms with Gasteiger partial charge >= 0.3 is 98.3 Å². The maximum absolute atomic E-state index is 5.78. The summed E-state index contributed by atoms with van der Waals surface area (Å²) in [5, 5.41) is 0. The molecular formula is C11H21INO-. The monoisotopic (exact) mass is 310 g/mol. The summed E-state index contributed by atoms with van der Waals surface area (Å²) < 4.78 is 5.78. The Morgan fingerprint density at radius 1 is 1.43 bits per heavy atom. The number of nitrogens with zero attached hydrogens (tertiary/aromatic N) is 1. The van der Waals surface area contributed by atoms with Crippen molar-refractivity contribution in [3.8, 4) is 0 Å². The Morgan fingerprint density at radius 3 is 2.93 bits per heavy atom. The first kappa shape index (κ1) is 11.1. The Morgan fingerprint density at radius 2 is 2.21 bits per heavy atom. The number of halogens is 1. The van der Waals surface area contributed by atoms with E-state index >= 15 is 0 Å². The Hall–Kier alpha value is 0.650. The van der Waals surface area contributed by atoms with Crippen molar-refractivity contribution in [2.24, 2.45) is 5.41 Å². The summed E-state index contributed by atoms with van der Waals surface area (Å²) in [4.78, 5) is 4.89. The van der Waals surface area contributed by atoms with Crippen LogP contribution in [0.1, 0.15) is 33.1 Å². The van der Waals surface area contributed by atoms with E-state index in [9.17, 15) is 0 Å². The summed E-state index contributed by atoms with van der Waals surface area (Å²) in [6, 6.07) is 0. The Balaban J connectivity index is 2.07. The zero-order valence-electron chi connectivity index (χ0n) is 9.48. The zero-order valence-corrected chi connectivity index (χ0v) is 11.6. The van der Waals surface area contributed by atoms with Crippen LogP contribution < -0.4 is 21.6 Å². The van der Waals surface area contributed by atoms with E-state index in [1.165, 1.54) is 32.4 Å². The molecule has 3 heteroatoms. The van der Waals surface area contributed by atoms with Crippen LogP contribution in [0.5, 0.6) is 0 Å². The SMILES string of the molecule is C[I-]OC[C@@]12CCCN1CC(C)(C)C2. The van der Waals surface area contributed by atoms with Crippen LogP contribution in [0.4, 0.5) is 0 Å². The third-order valence-electron chi connectivity index (χ3n) is 3.60. The van der Waals surface area contributed by atoms with Crippen LogP contribution in [-0.4, -0.2) is 35.1 Å². The molecule has 0 radical (unpaired) electrons. The van der Waals surface area contributed by atoms with Gasteiger partial charge in [0, 0.05) is 0 Å². The summed E-state index contributed by atoms with van der Waals surface area (Å²) in [6.07, 6.45) is 4.07. The van der Waals surface area contributed by atoms with Gasteiger partial charge in [0.2, 0.25) is 0 Å². The number of hydrogen-bond acceptors (Lipinski definition) is 2. The zero-order chi connectivity index (χ0) is 10.2. The molecule has 0 aromatic heterocycles. The van der Waals surface area contributed by atoms with Crippen molar-refractivity contribution < 1.29 is 24.7 Å². The Labute approximate surface area is 98.2 Å². The van der Waals surface area contributed by atoms with Crippen molar-refractivity contribution >= 4 is 0 Å². The van der Waals surface area contributed by atoms with Gasteiger partial charge in [-0.15, -0.1) is 0 Å². The molecule has 2 saturated heterocycles. The number of rotatable bonds is 3. The van der Waals surface area contributed by atoms with E-state index in [0.717, 1.165) is 6.61 Å². The summed E-state index contributed by atoms with van der Waals surface area (Å²) in [5.74, 6) is 0. The molecule has 0 aromatic carbocycles. The number of hydrogen-bond donors (Lipinski definition) is 0. The fourth-order valence-corrected chi connectivity index (χ4v) is 4.17. The Bertz CT molecular complexity index is 219. The quantitative estimate of drug-likeness (QED) is 0.485. The molecule has 0 aliphatic carbocycles. The van der Waals surface area contributed by atoms with Gasteiger partial charge in [-0.1, -0.05) is 0 Å². The first-order valence-electron chi connectivity index (χ1n) is 5.44. The molecule has 2 rings (SSSR count). The topological polar surface area (TPSA) is 12.5 Å². The molecule has 2 fully saturated rings. The third kappa shape index (κ3) is 1.95. The van der Waals surface area contributed by atoms with Crippen LogP contribution in [0.15, 0.2) is 0 Å². The van der Waals surface area contributed by atoms with Gasteiger partial charge in [-0.25, -0.2) is 0 Å². The predicted octanol–water partition coefficient (Wildman–Crippen LogP) is -1.10. The van der Waals surface area contributed by atoms with Crippen LogP contribution in [0, 0.1) is 5.41 Å². The van der Waals surface area contributed by atoms with Crippen molar-refractivity contribution in [1.29, 1.82) is 0 Å². The van der Waals surface area contributed by atoms with Gasteiger partial charge in [0.25, 0.3) is 0 Å². The van der Waals surface area contributed by atoms with E-state index in [1.807, 2.05) is 0 Å². The van der Waals surface area contributed by atoms with E-state index in [1.54, 1.807) is 0 Å². The van der Waals surface area contributed by atoms with Crippen LogP contribution in [0.2, 0.25) is 0 Å². The minimum absolute atomic E-state index is 0.00112. The van der Waals surface area contributed by atoms with Gasteiger partial charge in [-0.3, -0.25) is 0 Å². The molecule has 2 aliphatic rings. The molecule has 0 amide bonds. The van der Waals surface area contributed by atoms with Crippen molar-refractivity contribution in [3.63, 3.8) is 0 Å². The van der Waals surface area contributed by atoms with Crippen LogP contribution in [0.25, 0.3) is 0 Å². The molecule has 2 aliphatic heterocycles. The van der Waals surface area contributed by atoms with Gasteiger partial charge in [-0.2, -0.15) is 0 Å². The van der Waals surface area contributed by atoms with E-state index in [2.05, 4.69) is 23.7 Å². The van der Waals surface area contributed by atoms with Crippen molar-refractivity contribution in [1.82, 2.24) is 4.90 Å². The second-order valence-electron chi connectivity index (χ2n) is 5.50. The van der Waals surface area contributed by atoms with Gasteiger partial charge < -0.3 is 0 Å². The molecule has 0 spiro atoms. The van der Waals surface area contributed by atoms with Crippen molar-refractivity contribution in [2.45, 2.75) is 38.6 Å². The first-order chi connectivity index (χ1) is 6.58. The van der Waals surface area contributed by atoms with Gasteiger partial charge in [0.15, 0.2) is 0 Å². The first-order valence-corrected chi connectivity index (χ1v) is 8.48. The van der Waals surface area contributed by atoms with E-state index in [-0.39, 0.29) is 21.6 Å². The molecule has 14 heavy (non-hydrogen) atoms. The molecule has 0 saturated carbocycles. The fourth-order valence-electron chi connectivity index (χ4n) is 3.28. The summed E-state index contributed by atoms with van der Waals surface area (Å²) >= 11 is 0.00112. The van der Waals surface area contributed by atoms with E-state index < -0.39 is 0 Å². The molecule has 2 heterocycles. The summed E-state index contributed by atoms with van der Waals surface area (Å²) in [7, 11) is 0. The second-order valence-corrected chi connectivity index (χ2v) is 7.00. The van der Waals surface area contributed by atoms with Crippen molar-refractivity contribution in [3.05, 3.63) is 0 Å². The van der Waals surface area contributed by atoms with E-state index in [0.29, 0.717) is 11.0 Å². The van der Waals surface area contributed by atoms with Crippen LogP contribution >= 0.6 is 0 Å². The molecular weight excluding hydrogens is 289 g/mol. The number of fused-ring (bicyclic) bond motifs is 1. The maximum atomic E-state index is 5.78. The standard InChI is InChI=1S/C11H21INO/c1-10(2)7-11(9-14-12-3)5-4-6-13(11)8-10/h4-9H2,1-3H3/q-1/t11-/m0/s1. The molecule has 1 atom stereocenters. The van der Waals surface area contributed by atoms with Gasteiger partial charge in [0.05, 0.1) is 0 Å². The molecule has 0 bridgehead atoms. The molecule has 84 valence electrons. The van der Waals surface area contributed by atoms with Crippen LogP contribution in [-0.2, 0) is 3.07 Å². The molecule has 0 N–H and O–H groups in total. The molecule has 0 aromatic rings. The average molecular weight is 310 g/mol. The average Bonchev–Trinajstić information content (AvgIpc) is 2.53. The Kier molecular flexibility index (Phi) is 3.11. The van der Waals surface area contributed by atoms with Crippen molar-refractivity contribution in [2.75, 3.05) is 24.6 Å². The fraction of sp³-hybridized carbons (Fsp3) is 1.00. The third-order valence-corrected chi connectivity index (χ3v) is 4.53. The second kappa shape index (κ2) is 3.91.